The molecule has 0 spiro atoms. The molecule has 5 nitrogen and oxygen atoms in total. The Balaban J connectivity index is 3.40. The number of benzene rings is 1. The number of hydrogen-bond donors (Lipinski definition) is 2. The molecule has 0 radical (unpaired) electrons. The molecule has 0 saturated carbocycles. The molecule has 98 valence electrons. The van der Waals surface area contributed by atoms with Crippen LogP contribution >= 0.6 is 0 Å². The molecule has 0 atom stereocenters. The maximum atomic E-state index is 10.7. The highest BCUT2D eigenvalue weighted by atomic mass is 16.5. The zero-order valence-electron chi connectivity index (χ0n) is 10.6. The predicted octanol–water partition coefficient (Wildman–Crippen LogP) is 1.47. The number of aliphatic hydroxyl groups excluding tert-OH is 1. The largest absolute Gasteiger partial charge is 0.496 e. The Morgan fingerprint density at radius 2 is 2.00 bits per heavy atom. The van der Waals surface area contributed by atoms with Crippen LogP contribution in [0.25, 0.3) is 5.57 Å². The van der Waals surface area contributed by atoms with Gasteiger partial charge in [0, 0.05) is 17.2 Å². The van der Waals surface area contributed by atoms with Crippen molar-refractivity contribution < 1.29 is 24.5 Å². The number of aliphatic carboxylic acids is 1. The van der Waals surface area contributed by atoms with Gasteiger partial charge in [-0.3, -0.25) is 0 Å². The summed E-state index contributed by atoms with van der Waals surface area (Å²) in [6.45, 7) is 1.42. The van der Waals surface area contributed by atoms with Crippen molar-refractivity contribution in [3.05, 3.63) is 29.3 Å². The van der Waals surface area contributed by atoms with E-state index in [9.17, 15) is 9.90 Å². The number of rotatable bonds is 5. The fourth-order valence-electron chi connectivity index (χ4n) is 1.77. The van der Waals surface area contributed by atoms with Crippen LogP contribution in [0.1, 0.15) is 11.1 Å². The summed E-state index contributed by atoms with van der Waals surface area (Å²) in [5, 5.41) is 18.0. The van der Waals surface area contributed by atoms with Gasteiger partial charge in [0.15, 0.2) is 0 Å². The molecular weight excluding hydrogens is 236 g/mol. The van der Waals surface area contributed by atoms with Gasteiger partial charge in [-0.1, -0.05) is 0 Å². The van der Waals surface area contributed by atoms with E-state index in [4.69, 9.17) is 14.6 Å². The standard InChI is InChI=1S/C13H16O5/c1-8-11(17-2)5-4-10(13(8)18-3)9(7-14)6-12(15)16/h4-6,14H,7H2,1-3H3,(H,15,16)/b9-6+. The molecule has 0 saturated heterocycles. The first-order valence-corrected chi connectivity index (χ1v) is 5.31. The van der Waals surface area contributed by atoms with Crippen LogP contribution in [0.3, 0.4) is 0 Å². The highest BCUT2D eigenvalue weighted by Gasteiger charge is 2.14. The smallest absolute Gasteiger partial charge is 0.328 e. The third-order valence-corrected chi connectivity index (χ3v) is 2.59. The topological polar surface area (TPSA) is 76.0 Å². The normalized spacial score (nSPS) is 11.2. The summed E-state index contributed by atoms with van der Waals surface area (Å²) >= 11 is 0. The van der Waals surface area contributed by atoms with Crippen LogP contribution in [0.15, 0.2) is 18.2 Å². The summed E-state index contributed by atoms with van der Waals surface area (Å²) in [7, 11) is 3.03. The van der Waals surface area contributed by atoms with Crippen LogP contribution in [0.2, 0.25) is 0 Å². The molecule has 18 heavy (non-hydrogen) atoms. The van der Waals surface area contributed by atoms with Crippen molar-refractivity contribution in [1.82, 2.24) is 0 Å². The van der Waals surface area contributed by atoms with E-state index in [0.29, 0.717) is 17.1 Å². The molecule has 0 aliphatic rings. The fourth-order valence-corrected chi connectivity index (χ4v) is 1.77. The van der Waals surface area contributed by atoms with Gasteiger partial charge in [-0.25, -0.2) is 4.79 Å². The molecule has 1 aromatic carbocycles. The van der Waals surface area contributed by atoms with Gasteiger partial charge in [-0.15, -0.1) is 0 Å². The first kappa shape index (κ1) is 14.1. The Bertz CT molecular complexity index is 477. The summed E-state index contributed by atoms with van der Waals surface area (Å²) in [6.07, 6.45) is 0.962. The lowest BCUT2D eigenvalue weighted by atomic mass is 10.0. The molecule has 0 aromatic heterocycles. The van der Waals surface area contributed by atoms with E-state index in [1.807, 2.05) is 0 Å². The second kappa shape index (κ2) is 6.07. The average Bonchev–Trinajstić information content (AvgIpc) is 2.35. The zero-order chi connectivity index (χ0) is 13.7. The third kappa shape index (κ3) is 2.81. The van der Waals surface area contributed by atoms with Crippen molar-refractivity contribution in [3.63, 3.8) is 0 Å². The monoisotopic (exact) mass is 252 g/mol. The summed E-state index contributed by atoms with van der Waals surface area (Å²) in [4.78, 5) is 10.7. The van der Waals surface area contributed by atoms with Crippen LogP contribution in [0, 0.1) is 6.92 Å². The third-order valence-electron chi connectivity index (χ3n) is 2.59. The molecule has 0 aliphatic carbocycles. The summed E-state index contributed by atoms with van der Waals surface area (Å²) < 4.78 is 10.4. The second-order valence-electron chi connectivity index (χ2n) is 3.64. The van der Waals surface area contributed by atoms with Crippen LogP contribution in [0.5, 0.6) is 11.5 Å². The molecule has 5 heteroatoms. The van der Waals surface area contributed by atoms with Crippen molar-refractivity contribution in [1.29, 1.82) is 0 Å². The lowest BCUT2D eigenvalue weighted by molar-refractivity contribution is -0.131. The summed E-state index contributed by atoms with van der Waals surface area (Å²) in [5.74, 6) is 0.0219. The van der Waals surface area contributed by atoms with E-state index < -0.39 is 5.97 Å². The van der Waals surface area contributed by atoms with Gasteiger partial charge in [0.25, 0.3) is 0 Å². The summed E-state index contributed by atoms with van der Waals surface area (Å²) in [5.41, 5.74) is 1.58. The average molecular weight is 252 g/mol. The number of ether oxygens (including phenoxy) is 2. The minimum Gasteiger partial charge on any atom is -0.496 e. The number of hydrogen-bond acceptors (Lipinski definition) is 4. The Morgan fingerprint density at radius 1 is 1.33 bits per heavy atom. The molecule has 0 fully saturated rings. The number of carboxylic acid groups (broad SMARTS) is 1. The first-order valence-electron chi connectivity index (χ1n) is 5.31. The van der Waals surface area contributed by atoms with Crippen LogP contribution < -0.4 is 9.47 Å². The maximum absolute atomic E-state index is 10.7. The number of carbonyl (C=O) groups is 1. The minimum absolute atomic E-state index is 0.283. The Morgan fingerprint density at radius 3 is 2.44 bits per heavy atom. The molecule has 0 heterocycles. The lowest BCUT2D eigenvalue weighted by Gasteiger charge is -2.15. The van der Waals surface area contributed by atoms with E-state index in [0.717, 1.165) is 11.6 Å². The zero-order valence-corrected chi connectivity index (χ0v) is 10.6. The molecule has 2 N–H and O–H groups in total. The van der Waals surface area contributed by atoms with E-state index in [1.165, 1.54) is 7.11 Å². The molecule has 0 unspecified atom stereocenters. The van der Waals surface area contributed by atoms with Crippen molar-refractivity contribution in [3.8, 4) is 11.5 Å². The highest BCUT2D eigenvalue weighted by molar-refractivity contribution is 5.91. The highest BCUT2D eigenvalue weighted by Crippen LogP contribution is 2.34. The van der Waals surface area contributed by atoms with Gasteiger partial charge in [0.05, 0.1) is 20.8 Å². The van der Waals surface area contributed by atoms with Gasteiger partial charge >= 0.3 is 5.97 Å². The number of aliphatic hydroxyl groups is 1. The Labute approximate surface area is 105 Å². The molecule has 1 aromatic rings. The molecule has 0 aliphatic heterocycles. The lowest BCUT2D eigenvalue weighted by Crippen LogP contribution is -2.01. The van der Waals surface area contributed by atoms with Crippen LogP contribution in [-0.2, 0) is 4.79 Å². The van der Waals surface area contributed by atoms with Gasteiger partial charge in [0.2, 0.25) is 0 Å². The van der Waals surface area contributed by atoms with E-state index in [1.54, 1.807) is 26.2 Å². The van der Waals surface area contributed by atoms with Crippen LogP contribution in [-0.4, -0.2) is 37.0 Å². The molecule has 0 amide bonds. The van der Waals surface area contributed by atoms with Crippen molar-refractivity contribution in [2.24, 2.45) is 0 Å². The van der Waals surface area contributed by atoms with E-state index in [-0.39, 0.29) is 12.2 Å². The van der Waals surface area contributed by atoms with Gasteiger partial charge in [0.1, 0.15) is 11.5 Å². The fraction of sp³-hybridized carbons (Fsp3) is 0.308. The van der Waals surface area contributed by atoms with Crippen molar-refractivity contribution >= 4 is 11.5 Å². The minimum atomic E-state index is -1.12. The second-order valence-corrected chi connectivity index (χ2v) is 3.64. The van der Waals surface area contributed by atoms with Gasteiger partial charge in [-0.2, -0.15) is 0 Å². The molecular formula is C13H16O5. The van der Waals surface area contributed by atoms with E-state index in [2.05, 4.69) is 0 Å². The predicted molar refractivity (Wildman–Crippen MR) is 67.0 cm³/mol. The Kier molecular flexibility index (Phi) is 4.74. The Hall–Kier alpha value is -2.01. The van der Waals surface area contributed by atoms with Crippen molar-refractivity contribution in [2.75, 3.05) is 20.8 Å². The quantitative estimate of drug-likeness (QED) is 0.776. The number of methoxy groups -OCH3 is 2. The summed E-state index contributed by atoms with van der Waals surface area (Å²) in [6, 6.07) is 3.37. The first-order chi connectivity index (χ1) is 8.54. The van der Waals surface area contributed by atoms with E-state index >= 15 is 0 Å². The molecule has 1 rings (SSSR count). The number of carboxylic acids is 1. The van der Waals surface area contributed by atoms with Crippen molar-refractivity contribution in [2.45, 2.75) is 6.92 Å². The maximum Gasteiger partial charge on any atom is 0.328 e. The van der Waals surface area contributed by atoms with Gasteiger partial charge in [-0.05, 0) is 24.6 Å². The van der Waals surface area contributed by atoms with Crippen LogP contribution in [0.4, 0.5) is 0 Å². The molecule has 0 bridgehead atoms. The van der Waals surface area contributed by atoms with Gasteiger partial charge < -0.3 is 19.7 Å². The SMILES string of the molecule is COc1ccc(/C(=C/C(=O)O)CO)c(OC)c1C.